The molecule has 1 atom stereocenters. The van der Waals surface area contributed by atoms with Crippen LogP contribution < -0.4 is 10.1 Å². The Morgan fingerprint density at radius 2 is 2.20 bits per heavy atom. The molecule has 0 aliphatic carbocycles. The predicted molar refractivity (Wildman–Crippen MR) is 80.7 cm³/mol. The number of ether oxygens (including phenoxy) is 1. The number of allylic oxidation sites excluding steroid dienone is 1. The topological polar surface area (TPSA) is 41.6 Å². The average Bonchev–Trinajstić information content (AvgIpc) is 3.00. The summed E-state index contributed by atoms with van der Waals surface area (Å²) in [6.07, 6.45) is 2.71. The molecule has 0 saturated carbocycles. The van der Waals surface area contributed by atoms with E-state index in [1.54, 1.807) is 13.2 Å². The Morgan fingerprint density at radius 3 is 2.85 bits per heavy atom. The largest absolute Gasteiger partial charge is 0.496 e. The third kappa shape index (κ3) is 3.20. The molecular formula is C16H22N2O2. The van der Waals surface area contributed by atoms with Gasteiger partial charge in [-0.1, -0.05) is 18.2 Å². The van der Waals surface area contributed by atoms with Gasteiger partial charge >= 0.3 is 0 Å². The maximum Gasteiger partial charge on any atom is 0.246 e. The van der Waals surface area contributed by atoms with Crippen LogP contribution >= 0.6 is 0 Å². The van der Waals surface area contributed by atoms with Crippen molar-refractivity contribution in [2.24, 2.45) is 0 Å². The van der Waals surface area contributed by atoms with Crippen LogP contribution in [0.5, 0.6) is 5.75 Å². The number of likely N-dealkylation sites (N-methyl/N-ethyl adjacent to an activating group) is 1. The molecule has 2 rings (SSSR count). The van der Waals surface area contributed by atoms with Gasteiger partial charge in [-0.2, -0.15) is 0 Å². The summed E-state index contributed by atoms with van der Waals surface area (Å²) in [6, 6.07) is 8.04. The molecule has 20 heavy (non-hydrogen) atoms. The molecule has 0 radical (unpaired) electrons. The van der Waals surface area contributed by atoms with Gasteiger partial charge in [0.25, 0.3) is 0 Å². The van der Waals surface area contributed by atoms with Gasteiger partial charge in [0.05, 0.1) is 7.11 Å². The number of hydrogen-bond acceptors (Lipinski definition) is 3. The van der Waals surface area contributed by atoms with Crippen molar-refractivity contribution in [2.75, 3.05) is 27.2 Å². The molecule has 1 saturated heterocycles. The first-order chi connectivity index (χ1) is 9.63. The summed E-state index contributed by atoms with van der Waals surface area (Å²) in [5.41, 5.74) is 1.88. The normalized spacial score (nSPS) is 18.9. The van der Waals surface area contributed by atoms with Crippen molar-refractivity contribution in [3.63, 3.8) is 0 Å². The zero-order valence-electron chi connectivity index (χ0n) is 12.3. The Labute approximate surface area is 120 Å². The number of amides is 1. The van der Waals surface area contributed by atoms with Crippen molar-refractivity contribution < 1.29 is 9.53 Å². The number of rotatable bonds is 4. The maximum absolute atomic E-state index is 12.3. The molecule has 1 aliphatic heterocycles. The Balaban J connectivity index is 2.14. The van der Waals surface area contributed by atoms with Crippen LogP contribution in [0, 0.1) is 0 Å². The summed E-state index contributed by atoms with van der Waals surface area (Å²) >= 11 is 0. The lowest BCUT2D eigenvalue weighted by Crippen LogP contribution is -2.37. The first kappa shape index (κ1) is 14.6. The summed E-state index contributed by atoms with van der Waals surface area (Å²) in [5.74, 6) is 0.835. The summed E-state index contributed by atoms with van der Waals surface area (Å²) in [5, 5.41) is 3.28. The van der Waals surface area contributed by atoms with Gasteiger partial charge in [-0.05, 0) is 31.5 Å². The summed E-state index contributed by atoms with van der Waals surface area (Å²) < 4.78 is 5.33. The molecule has 1 amide bonds. The number of methoxy groups -OCH3 is 1. The van der Waals surface area contributed by atoms with Crippen molar-refractivity contribution in [2.45, 2.75) is 19.4 Å². The highest BCUT2D eigenvalue weighted by molar-refractivity contribution is 5.95. The van der Waals surface area contributed by atoms with Gasteiger partial charge in [-0.15, -0.1) is 0 Å². The Kier molecular flexibility index (Phi) is 4.79. The molecule has 1 aromatic carbocycles. The van der Waals surface area contributed by atoms with Crippen LogP contribution in [0.3, 0.4) is 0 Å². The number of nitrogens with one attached hydrogen (secondary N) is 1. The average molecular weight is 274 g/mol. The van der Waals surface area contributed by atoms with E-state index in [1.165, 1.54) is 0 Å². The van der Waals surface area contributed by atoms with Crippen molar-refractivity contribution in [3.05, 3.63) is 35.9 Å². The standard InChI is InChI=1S/C16H22N2O2/c1-12(14-6-4-5-7-15(14)20-3)10-16(19)18(2)13-8-9-17-11-13/h4-7,10,13,17H,8-9,11H2,1-3H3/b12-10+. The zero-order valence-corrected chi connectivity index (χ0v) is 12.3. The Morgan fingerprint density at radius 1 is 1.45 bits per heavy atom. The molecule has 0 aromatic heterocycles. The van der Waals surface area contributed by atoms with Crippen LogP contribution in [-0.4, -0.2) is 44.1 Å². The molecule has 1 aliphatic rings. The summed E-state index contributed by atoms with van der Waals surface area (Å²) in [7, 11) is 3.51. The highest BCUT2D eigenvalue weighted by Gasteiger charge is 2.22. The third-order valence-corrected chi connectivity index (χ3v) is 3.80. The molecule has 4 heteroatoms. The minimum atomic E-state index is 0.0436. The van der Waals surface area contributed by atoms with Crippen molar-refractivity contribution in [1.82, 2.24) is 10.2 Å². The maximum atomic E-state index is 12.3. The van der Waals surface area contributed by atoms with Crippen LogP contribution in [0.4, 0.5) is 0 Å². The van der Waals surface area contributed by atoms with Crippen LogP contribution in [-0.2, 0) is 4.79 Å². The van der Waals surface area contributed by atoms with Gasteiger partial charge in [-0.3, -0.25) is 4.79 Å². The second-order valence-corrected chi connectivity index (χ2v) is 5.12. The van der Waals surface area contributed by atoms with E-state index in [9.17, 15) is 4.79 Å². The molecule has 4 nitrogen and oxygen atoms in total. The highest BCUT2D eigenvalue weighted by atomic mass is 16.5. The first-order valence-corrected chi connectivity index (χ1v) is 6.92. The lowest BCUT2D eigenvalue weighted by Gasteiger charge is -2.22. The molecular weight excluding hydrogens is 252 g/mol. The van der Waals surface area contributed by atoms with Crippen LogP contribution in [0.15, 0.2) is 30.3 Å². The third-order valence-electron chi connectivity index (χ3n) is 3.80. The second kappa shape index (κ2) is 6.57. The van der Waals surface area contributed by atoms with Gasteiger partial charge in [0.2, 0.25) is 5.91 Å². The van der Waals surface area contributed by atoms with E-state index in [0.29, 0.717) is 6.04 Å². The molecule has 0 spiro atoms. The van der Waals surface area contributed by atoms with E-state index >= 15 is 0 Å². The second-order valence-electron chi connectivity index (χ2n) is 5.12. The van der Waals surface area contributed by atoms with E-state index in [4.69, 9.17) is 4.74 Å². The molecule has 0 bridgehead atoms. The van der Waals surface area contributed by atoms with E-state index < -0.39 is 0 Å². The van der Waals surface area contributed by atoms with Gasteiger partial charge in [-0.25, -0.2) is 0 Å². The smallest absolute Gasteiger partial charge is 0.246 e. The van der Waals surface area contributed by atoms with Gasteiger partial charge < -0.3 is 15.0 Å². The number of benzene rings is 1. The number of hydrogen-bond donors (Lipinski definition) is 1. The van der Waals surface area contributed by atoms with E-state index in [0.717, 1.165) is 36.4 Å². The van der Waals surface area contributed by atoms with Crippen molar-refractivity contribution in [3.8, 4) is 5.75 Å². The van der Waals surface area contributed by atoms with Crippen molar-refractivity contribution >= 4 is 11.5 Å². The zero-order chi connectivity index (χ0) is 14.5. The van der Waals surface area contributed by atoms with E-state index in [-0.39, 0.29) is 5.91 Å². The van der Waals surface area contributed by atoms with Gasteiger partial charge in [0, 0.05) is 31.3 Å². The predicted octanol–water partition coefficient (Wildman–Crippen LogP) is 1.92. The van der Waals surface area contributed by atoms with Gasteiger partial charge in [0.15, 0.2) is 0 Å². The molecule has 1 N–H and O–H groups in total. The number of carbonyl (C=O) groups excluding carboxylic acids is 1. The minimum absolute atomic E-state index is 0.0436. The summed E-state index contributed by atoms with van der Waals surface area (Å²) in [6.45, 7) is 3.80. The fourth-order valence-corrected chi connectivity index (χ4v) is 2.49. The Hall–Kier alpha value is -1.81. The molecule has 1 aromatic rings. The Bertz CT molecular complexity index is 505. The SMILES string of the molecule is COc1ccccc1/C(C)=C/C(=O)N(C)C1CCNC1. The fraction of sp³-hybridized carbons (Fsp3) is 0.438. The molecule has 108 valence electrons. The van der Waals surface area contributed by atoms with Crippen LogP contribution in [0.25, 0.3) is 5.57 Å². The first-order valence-electron chi connectivity index (χ1n) is 6.92. The number of nitrogens with zero attached hydrogens (tertiary/aromatic N) is 1. The van der Waals surface area contributed by atoms with Crippen molar-refractivity contribution in [1.29, 1.82) is 0 Å². The number of carbonyl (C=O) groups is 1. The quantitative estimate of drug-likeness (QED) is 0.853. The number of para-hydroxylation sites is 1. The minimum Gasteiger partial charge on any atom is -0.496 e. The molecule has 1 fully saturated rings. The molecule has 1 heterocycles. The summed E-state index contributed by atoms with van der Waals surface area (Å²) in [4.78, 5) is 14.1. The van der Waals surface area contributed by atoms with E-state index in [2.05, 4.69) is 5.32 Å². The van der Waals surface area contributed by atoms with Crippen LogP contribution in [0.1, 0.15) is 18.9 Å². The highest BCUT2D eigenvalue weighted by Crippen LogP contribution is 2.25. The molecule has 1 unspecified atom stereocenters. The fourth-order valence-electron chi connectivity index (χ4n) is 2.49. The van der Waals surface area contributed by atoms with Crippen LogP contribution in [0.2, 0.25) is 0 Å². The lowest BCUT2D eigenvalue weighted by molar-refractivity contribution is -0.126. The van der Waals surface area contributed by atoms with Gasteiger partial charge in [0.1, 0.15) is 5.75 Å². The lowest BCUT2D eigenvalue weighted by atomic mass is 10.1. The monoisotopic (exact) mass is 274 g/mol. The van der Waals surface area contributed by atoms with E-state index in [1.807, 2.05) is 43.1 Å².